The molecule has 2 aliphatic heterocycles. The van der Waals surface area contributed by atoms with Gasteiger partial charge in [-0.25, -0.2) is 0 Å². The molecule has 0 radical (unpaired) electrons. The van der Waals surface area contributed by atoms with Crippen LogP contribution in [-0.4, -0.2) is 71.6 Å². The van der Waals surface area contributed by atoms with Crippen LogP contribution < -0.4 is 10.1 Å². The van der Waals surface area contributed by atoms with Crippen LogP contribution in [0.15, 0.2) is 48.5 Å². The third kappa shape index (κ3) is 6.28. The number of benzene rings is 2. The fraction of sp³-hybridized carbons (Fsp3) is 0.407. The number of nitrogens with one attached hydrogen (secondary N) is 1. The zero-order valence-corrected chi connectivity index (χ0v) is 20.6. The maximum absolute atomic E-state index is 13.0. The van der Waals surface area contributed by atoms with Crippen molar-refractivity contribution < 1.29 is 28.7 Å². The highest BCUT2D eigenvalue weighted by Crippen LogP contribution is 2.25. The van der Waals surface area contributed by atoms with E-state index in [2.05, 4.69) is 5.32 Å². The topological polar surface area (TPSA) is 105 Å². The third-order valence-corrected chi connectivity index (χ3v) is 6.41. The van der Waals surface area contributed by atoms with Gasteiger partial charge in [0.2, 0.25) is 17.6 Å². The van der Waals surface area contributed by atoms with E-state index in [1.165, 1.54) is 16.7 Å². The molecule has 9 heteroatoms. The number of Topliss-reactive ketones (excluding diaryl/α,β-unsaturated/α-hetero) is 1. The summed E-state index contributed by atoms with van der Waals surface area (Å²) in [6.45, 7) is 4.11. The van der Waals surface area contributed by atoms with Gasteiger partial charge in [0.1, 0.15) is 11.5 Å². The maximum Gasteiger partial charge on any atom is 0.289 e. The van der Waals surface area contributed by atoms with E-state index in [0.717, 1.165) is 11.1 Å². The molecule has 2 aliphatic rings. The van der Waals surface area contributed by atoms with Crippen LogP contribution in [-0.2, 0) is 36.9 Å². The number of hydrogen-bond donors (Lipinski definition) is 1. The molecular formula is C27H31N3O6. The number of nitrogens with zero attached hydrogens (tertiary/aromatic N) is 2. The molecule has 4 bridgehead atoms. The van der Waals surface area contributed by atoms with Crippen LogP contribution in [0.4, 0.5) is 0 Å². The summed E-state index contributed by atoms with van der Waals surface area (Å²) in [7, 11) is 0. The number of likely N-dealkylation sites (N-methyl/N-ethyl adjacent to an activating group) is 1. The van der Waals surface area contributed by atoms with Crippen LogP contribution in [0.3, 0.4) is 0 Å². The SMILES string of the molecule is CCN1CC(=O)N[C@H]2CN(C(=O)C(C)=O)CC[C@@H]2OCc2cccc(c2)Oc2cccc(c2)CC1=O. The molecule has 2 aromatic carbocycles. The van der Waals surface area contributed by atoms with Crippen LogP contribution in [0.25, 0.3) is 0 Å². The van der Waals surface area contributed by atoms with Crippen molar-refractivity contribution in [2.45, 2.75) is 45.4 Å². The molecule has 2 heterocycles. The van der Waals surface area contributed by atoms with Gasteiger partial charge in [-0.15, -0.1) is 0 Å². The van der Waals surface area contributed by atoms with Crippen molar-refractivity contribution in [2.24, 2.45) is 0 Å². The number of fused-ring (bicyclic) bond motifs is 5. The Balaban J connectivity index is 1.61. The van der Waals surface area contributed by atoms with Crippen LogP contribution in [0, 0.1) is 0 Å². The van der Waals surface area contributed by atoms with Gasteiger partial charge in [0.05, 0.1) is 31.7 Å². The Labute approximate surface area is 210 Å². The molecule has 1 fully saturated rings. The smallest absolute Gasteiger partial charge is 0.289 e. The summed E-state index contributed by atoms with van der Waals surface area (Å²) < 4.78 is 12.2. The van der Waals surface area contributed by atoms with E-state index in [9.17, 15) is 19.2 Å². The molecular weight excluding hydrogens is 462 g/mol. The Morgan fingerprint density at radius 3 is 2.44 bits per heavy atom. The number of carbonyl (C=O) groups excluding carboxylic acids is 4. The van der Waals surface area contributed by atoms with Gasteiger partial charge in [0, 0.05) is 26.6 Å². The van der Waals surface area contributed by atoms with E-state index in [1.807, 2.05) is 55.5 Å². The molecule has 3 amide bonds. The average molecular weight is 494 g/mol. The number of hydrogen-bond acceptors (Lipinski definition) is 6. The number of piperidine rings is 1. The molecule has 9 nitrogen and oxygen atoms in total. The molecule has 36 heavy (non-hydrogen) atoms. The molecule has 0 aromatic heterocycles. The predicted molar refractivity (Wildman–Crippen MR) is 131 cm³/mol. The van der Waals surface area contributed by atoms with Crippen LogP contribution in [0.5, 0.6) is 11.5 Å². The van der Waals surface area contributed by atoms with Gasteiger partial charge in [-0.2, -0.15) is 0 Å². The van der Waals surface area contributed by atoms with Crippen LogP contribution in [0.1, 0.15) is 31.4 Å². The first kappa shape index (κ1) is 25.4. The third-order valence-electron chi connectivity index (χ3n) is 6.41. The molecule has 0 unspecified atom stereocenters. The van der Waals surface area contributed by atoms with Crippen molar-refractivity contribution in [3.05, 3.63) is 59.7 Å². The zero-order valence-electron chi connectivity index (χ0n) is 20.6. The summed E-state index contributed by atoms with van der Waals surface area (Å²) in [5, 5.41) is 2.95. The molecule has 0 saturated carbocycles. The minimum Gasteiger partial charge on any atom is -0.457 e. The van der Waals surface area contributed by atoms with E-state index in [-0.39, 0.29) is 44.0 Å². The Morgan fingerprint density at radius 1 is 1.06 bits per heavy atom. The Kier molecular flexibility index (Phi) is 8.00. The van der Waals surface area contributed by atoms with E-state index >= 15 is 0 Å². The molecule has 4 rings (SSSR count). The second-order valence-corrected chi connectivity index (χ2v) is 9.10. The molecule has 0 spiro atoms. The molecule has 2 atom stereocenters. The van der Waals surface area contributed by atoms with Crippen molar-refractivity contribution in [1.29, 1.82) is 0 Å². The quantitative estimate of drug-likeness (QED) is 0.643. The van der Waals surface area contributed by atoms with Crippen molar-refractivity contribution in [1.82, 2.24) is 15.1 Å². The predicted octanol–water partition coefficient (Wildman–Crippen LogP) is 2.07. The van der Waals surface area contributed by atoms with Crippen LogP contribution >= 0.6 is 0 Å². The van der Waals surface area contributed by atoms with Crippen molar-refractivity contribution in [2.75, 3.05) is 26.2 Å². The number of likely N-dealkylation sites (tertiary alicyclic amines) is 1. The zero-order chi connectivity index (χ0) is 25.7. The maximum atomic E-state index is 13.0. The highest BCUT2D eigenvalue weighted by molar-refractivity contribution is 6.35. The van der Waals surface area contributed by atoms with Crippen LogP contribution in [0.2, 0.25) is 0 Å². The Hall–Kier alpha value is -3.72. The second kappa shape index (κ2) is 11.3. The number of ether oxygens (including phenoxy) is 2. The van der Waals surface area contributed by atoms with Crippen molar-refractivity contribution in [3.63, 3.8) is 0 Å². The summed E-state index contributed by atoms with van der Waals surface area (Å²) >= 11 is 0. The fourth-order valence-corrected chi connectivity index (χ4v) is 4.52. The van der Waals surface area contributed by atoms with Crippen molar-refractivity contribution in [3.8, 4) is 11.5 Å². The lowest BCUT2D eigenvalue weighted by molar-refractivity contribution is -0.147. The number of rotatable bonds is 2. The monoisotopic (exact) mass is 493 g/mol. The van der Waals surface area contributed by atoms with Gasteiger partial charge < -0.3 is 24.6 Å². The summed E-state index contributed by atoms with van der Waals surface area (Å²) in [6, 6.07) is 14.4. The van der Waals surface area contributed by atoms with E-state index in [0.29, 0.717) is 31.0 Å². The first-order valence-corrected chi connectivity index (χ1v) is 12.2. The standard InChI is InChI=1S/C27H31N3O6/c1-3-29-16-25(32)28-23-15-30(27(34)18(2)31)11-10-24(23)35-17-20-7-5-9-22(13-20)36-21-8-4-6-19(12-21)14-26(29)33/h4-9,12-13,23-24H,3,10-11,14-17H2,1-2H3,(H,28,32)/t23-,24-/m0/s1. The lowest BCUT2D eigenvalue weighted by Crippen LogP contribution is -2.59. The average Bonchev–Trinajstić information content (AvgIpc) is 2.86. The highest BCUT2D eigenvalue weighted by atomic mass is 16.5. The van der Waals surface area contributed by atoms with Gasteiger partial charge in [-0.05, 0) is 48.7 Å². The lowest BCUT2D eigenvalue weighted by Gasteiger charge is -2.38. The highest BCUT2D eigenvalue weighted by Gasteiger charge is 2.34. The normalized spacial score (nSPS) is 21.1. The van der Waals surface area contributed by atoms with Gasteiger partial charge in [0.15, 0.2) is 0 Å². The summed E-state index contributed by atoms with van der Waals surface area (Å²) in [5.74, 6) is -0.390. The van der Waals surface area contributed by atoms with E-state index < -0.39 is 17.7 Å². The molecule has 190 valence electrons. The first-order chi connectivity index (χ1) is 17.3. The second-order valence-electron chi connectivity index (χ2n) is 9.10. The first-order valence-electron chi connectivity index (χ1n) is 12.2. The summed E-state index contributed by atoms with van der Waals surface area (Å²) in [6.07, 6.45) is 0.225. The van der Waals surface area contributed by atoms with Gasteiger partial charge in [-0.3, -0.25) is 19.2 Å². The Morgan fingerprint density at radius 2 is 1.75 bits per heavy atom. The number of carbonyl (C=O) groups is 4. The number of amides is 3. The van der Waals surface area contributed by atoms with Gasteiger partial charge in [-0.1, -0.05) is 24.3 Å². The largest absolute Gasteiger partial charge is 0.457 e. The molecule has 1 N–H and O–H groups in total. The summed E-state index contributed by atoms with van der Waals surface area (Å²) in [5.41, 5.74) is 1.68. The molecule has 1 saturated heterocycles. The van der Waals surface area contributed by atoms with E-state index in [1.54, 1.807) is 0 Å². The lowest BCUT2D eigenvalue weighted by atomic mass is 10.0. The molecule has 0 aliphatic carbocycles. The van der Waals surface area contributed by atoms with Gasteiger partial charge in [0.25, 0.3) is 5.91 Å². The van der Waals surface area contributed by atoms with Gasteiger partial charge >= 0.3 is 0 Å². The fourth-order valence-electron chi connectivity index (χ4n) is 4.52. The summed E-state index contributed by atoms with van der Waals surface area (Å²) in [4.78, 5) is 52.8. The molecule has 2 aromatic rings. The van der Waals surface area contributed by atoms with E-state index in [4.69, 9.17) is 9.47 Å². The minimum atomic E-state index is -0.581. The minimum absolute atomic E-state index is 0.115. The Bertz CT molecular complexity index is 1150. The number of ketones is 1. The van der Waals surface area contributed by atoms with Crippen molar-refractivity contribution >= 4 is 23.5 Å².